The fourth-order valence-corrected chi connectivity index (χ4v) is 3.98. The first-order valence-electron chi connectivity index (χ1n) is 9.49. The van der Waals surface area contributed by atoms with Gasteiger partial charge in [0.1, 0.15) is 0 Å². The van der Waals surface area contributed by atoms with Gasteiger partial charge in [0.05, 0.1) is 11.3 Å². The lowest BCUT2D eigenvalue weighted by molar-refractivity contribution is -0.129. The first-order valence-corrected chi connectivity index (χ1v) is 9.49. The first kappa shape index (κ1) is 19.5. The largest absolute Gasteiger partial charge is 0.347 e. The number of hydrogen-bond acceptors (Lipinski definition) is 6. The van der Waals surface area contributed by atoms with Crippen LogP contribution in [-0.4, -0.2) is 96.4 Å². The molecular weight excluding hydrogens is 344 g/mol. The number of carbonyl (C=O) groups excluding carboxylic acids is 2. The predicted molar refractivity (Wildman–Crippen MR) is 104 cm³/mol. The summed E-state index contributed by atoms with van der Waals surface area (Å²) in [7, 11) is 7.73. The summed E-state index contributed by atoms with van der Waals surface area (Å²) in [6.07, 6.45) is 3.83. The fourth-order valence-electron chi connectivity index (χ4n) is 3.98. The number of carbonyl (C=O) groups is 2. The Balaban J connectivity index is 1.81. The molecule has 2 amide bonds. The van der Waals surface area contributed by atoms with Crippen molar-refractivity contribution >= 4 is 17.8 Å². The van der Waals surface area contributed by atoms with Gasteiger partial charge in [0, 0.05) is 65.5 Å². The van der Waals surface area contributed by atoms with Crippen LogP contribution in [0.2, 0.25) is 0 Å². The summed E-state index contributed by atoms with van der Waals surface area (Å²) in [4.78, 5) is 41.9. The number of nitrogens with zero attached hydrogens (tertiary/aromatic N) is 6. The van der Waals surface area contributed by atoms with Crippen molar-refractivity contribution < 1.29 is 9.59 Å². The third kappa shape index (κ3) is 3.76. The second-order valence-corrected chi connectivity index (χ2v) is 8.00. The van der Waals surface area contributed by atoms with Crippen molar-refractivity contribution in [3.8, 4) is 0 Å². The molecule has 2 aliphatic rings. The van der Waals surface area contributed by atoms with Gasteiger partial charge in [0.2, 0.25) is 11.9 Å². The molecule has 2 saturated heterocycles. The molecule has 148 valence electrons. The molecule has 2 fully saturated rings. The Morgan fingerprint density at radius 3 is 2.59 bits per heavy atom. The van der Waals surface area contributed by atoms with E-state index in [-0.39, 0.29) is 17.4 Å². The Labute approximate surface area is 161 Å². The lowest BCUT2D eigenvalue weighted by atomic mass is 9.86. The predicted octanol–water partition coefficient (Wildman–Crippen LogP) is 0.620. The van der Waals surface area contributed by atoms with Gasteiger partial charge in [-0.2, -0.15) is 0 Å². The average Bonchev–Trinajstić information content (AvgIpc) is 2.78. The van der Waals surface area contributed by atoms with Gasteiger partial charge in [-0.15, -0.1) is 0 Å². The number of likely N-dealkylation sites (N-methyl/N-ethyl adjacent to an activating group) is 1. The molecule has 2 aliphatic heterocycles. The molecule has 1 aromatic rings. The Morgan fingerprint density at radius 1 is 1.19 bits per heavy atom. The minimum atomic E-state index is -0.146. The smallest absolute Gasteiger partial charge is 0.257 e. The fraction of sp³-hybridized carbons (Fsp3) is 0.684. The van der Waals surface area contributed by atoms with Gasteiger partial charge < -0.3 is 14.7 Å². The van der Waals surface area contributed by atoms with Gasteiger partial charge in [-0.1, -0.05) is 0 Å². The number of aryl methyl sites for hydroxylation is 1. The standard InChI is InChI=1S/C19H30N6O2/c1-14-15(12-20-18(21-14)22(2)3)17(27)25-11-10-24(5)19(13-25)7-6-16(26)23(4)9-8-19/h12H,6-11,13H2,1-5H3/t19-/m1/s1. The van der Waals surface area contributed by atoms with Crippen LogP contribution in [0.15, 0.2) is 6.20 Å². The molecule has 0 unspecified atom stereocenters. The van der Waals surface area contributed by atoms with Crippen molar-refractivity contribution in [3.05, 3.63) is 17.5 Å². The number of rotatable bonds is 2. The van der Waals surface area contributed by atoms with Crippen LogP contribution in [0.25, 0.3) is 0 Å². The van der Waals surface area contributed by atoms with Crippen molar-refractivity contribution in [2.45, 2.75) is 31.7 Å². The minimum Gasteiger partial charge on any atom is -0.347 e. The normalized spacial score (nSPS) is 24.3. The van der Waals surface area contributed by atoms with Crippen LogP contribution in [0.3, 0.4) is 0 Å². The highest BCUT2D eigenvalue weighted by molar-refractivity contribution is 5.95. The summed E-state index contributed by atoms with van der Waals surface area (Å²) in [5, 5.41) is 0. The molecule has 0 aliphatic carbocycles. The van der Waals surface area contributed by atoms with Crippen molar-refractivity contribution in [2.75, 3.05) is 59.3 Å². The van der Waals surface area contributed by atoms with E-state index < -0.39 is 0 Å². The van der Waals surface area contributed by atoms with Crippen LogP contribution < -0.4 is 4.90 Å². The molecule has 3 rings (SSSR count). The molecule has 0 radical (unpaired) electrons. The van der Waals surface area contributed by atoms with Gasteiger partial charge in [0.15, 0.2) is 0 Å². The zero-order valence-corrected chi connectivity index (χ0v) is 17.0. The molecule has 1 atom stereocenters. The molecule has 27 heavy (non-hydrogen) atoms. The Kier molecular flexibility index (Phi) is 5.37. The number of piperazine rings is 1. The number of hydrogen-bond donors (Lipinski definition) is 0. The molecular formula is C19H30N6O2. The van der Waals surface area contributed by atoms with Gasteiger partial charge in [0.25, 0.3) is 5.91 Å². The van der Waals surface area contributed by atoms with Crippen LogP contribution >= 0.6 is 0 Å². The summed E-state index contributed by atoms with van der Waals surface area (Å²) >= 11 is 0. The van der Waals surface area contributed by atoms with Crippen molar-refractivity contribution in [2.24, 2.45) is 0 Å². The second-order valence-electron chi connectivity index (χ2n) is 8.00. The first-order chi connectivity index (χ1) is 12.7. The Hall–Kier alpha value is -2.22. The monoisotopic (exact) mass is 374 g/mol. The zero-order chi connectivity index (χ0) is 19.8. The van der Waals surface area contributed by atoms with E-state index >= 15 is 0 Å². The molecule has 0 saturated carbocycles. The third-order valence-electron chi connectivity index (χ3n) is 6.03. The third-order valence-corrected chi connectivity index (χ3v) is 6.03. The van der Waals surface area contributed by atoms with E-state index in [1.165, 1.54) is 0 Å². The summed E-state index contributed by atoms with van der Waals surface area (Å²) in [6, 6.07) is 0. The van der Waals surface area contributed by atoms with E-state index in [4.69, 9.17) is 0 Å². The lowest BCUT2D eigenvalue weighted by Gasteiger charge is -2.49. The van der Waals surface area contributed by atoms with E-state index in [1.54, 1.807) is 11.1 Å². The zero-order valence-electron chi connectivity index (χ0n) is 17.0. The SMILES string of the molecule is Cc1nc(N(C)C)ncc1C(=O)N1CCN(C)[C@@]2(CCC(=O)N(C)CC2)C1. The molecule has 0 bridgehead atoms. The van der Waals surface area contributed by atoms with E-state index in [2.05, 4.69) is 21.9 Å². The molecule has 3 heterocycles. The van der Waals surface area contributed by atoms with E-state index in [1.807, 2.05) is 37.9 Å². The van der Waals surface area contributed by atoms with E-state index in [0.717, 1.165) is 25.9 Å². The lowest BCUT2D eigenvalue weighted by Crippen LogP contribution is -2.62. The quantitative estimate of drug-likeness (QED) is 0.756. The highest BCUT2D eigenvalue weighted by Gasteiger charge is 2.43. The maximum atomic E-state index is 13.2. The van der Waals surface area contributed by atoms with Crippen LogP contribution in [0.1, 0.15) is 35.3 Å². The number of amides is 2. The van der Waals surface area contributed by atoms with Crippen molar-refractivity contribution in [1.82, 2.24) is 24.7 Å². The van der Waals surface area contributed by atoms with E-state index in [9.17, 15) is 9.59 Å². The molecule has 1 spiro atoms. The molecule has 8 heteroatoms. The highest BCUT2D eigenvalue weighted by atomic mass is 16.2. The summed E-state index contributed by atoms with van der Waals surface area (Å²) in [5.74, 6) is 0.769. The van der Waals surface area contributed by atoms with Gasteiger partial charge in [-0.3, -0.25) is 14.5 Å². The van der Waals surface area contributed by atoms with Gasteiger partial charge in [-0.25, -0.2) is 9.97 Å². The van der Waals surface area contributed by atoms with Crippen molar-refractivity contribution in [1.29, 1.82) is 0 Å². The topological polar surface area (TPSA) is 72.9 Å². The number of likely N-dealkylation sites (tertiary alicyclic amines) is 1. The highest BCUT2D eigenvalue weighted by Crippen LogP contribution is 2.32. The van der Waals surface area contributed by atoms with Gasteiger partial charge >= 0.3 is 0 Å². The average molecular weight is 374 g/mol. The minimum absolute atomic E-state index is 0.0193. The Bertz CT molecular complexity index is 737. The maximum absolute atomic E-state index is 13.2. The van der Waals surface area contributed by atoms with Gasteiger partial charge in [-0.05, 0) is 26.8 Å². The molecule has 1 aromatic heterocycles. The van der Waals surface area contributed by atoms with Crippen LogP contribution in [-0.2, 0) is 4.79 Å². The molecule has 8 nitrogen and oxygen atoms in total. The second kappa shape index (κ2) is 7.42. The summed E-state index contributed by atoms with van der Waals surface area (Å²) in [6.45, 7) is 4.70. The van der Waals surface area contributed by atoms with Crippen molar-refractivity contribution in [3.63, 3.8) is 0 Å². The summed E-state index contributed by atoms with van der Waals surface area (Å²) in [5.41, 5.74) is 1.11. The van der Waals surface area contributed by atoms with E-state index in [0.29, 0.717) is 36.7 Å². The van der Waals surface area contributed by atoms with Crippen LogP contribution in [0.5, 0.6) is 0 Å². The summed E-state index contributed by atoms with van der Waals surface area (Å²) < 4.78 is 0. The number of aromatic nitrogens is 2. The Morgan fingerprint density at radius 2 is 1.93 bits per heavy atom. The molecule has 0 N–H and O–H groups in total. The van der Waals surface area contributed by atoms with Crippen LogP contribution in [0, 0.1) is 6.92 Å². The number of anilines is 1. The maximum Gasteiger partial charge on any atom is 0.257 e. The molecule has 0 aromatic carbocycles. The van der Waals surface area contributed by atoms with Crippen LogP contribution in [0.4, 0.5) is 5.95 Å².